The van der Waals surface area contributed by atoms with E-state index in [1.165, 1.54) is 19.8 Å². The van der Waals surface area contributed by atoms with Crippen LogP contribution in [0, 0.1) is 17.3 Å². The number of carbonyl (C=O) groups excluding carboxylic acids is 1. The van der Waals surface area contributed by atoms with Crippen LogP contribution < -0.4 is 0 Å². The van der Waals surface area contributed by atoms with Crippen LogP contribution in [0.25, 0.3) is 0 Å². The van der Waals surface area contributed by atoms with Crippen LogP contribution in [0.5, 0.6) is 0 Å². The molecule has 1 fully saturated rings. The van der Waals surface area contributed by atoms with Crippen molar-refractivity contribution >= 4 is 5.97 Å². The van der Waals surface area contributed by atoms with Gasteiger partial charge in [-0.2, -0.15) is 0 Å². The summed E-state index contributed by atoms with van der Waals surface area (Å²) in [7, 11) is 0. The Kier molecular flexibility index (Phi) is 3.41. The second kappa shape index (κ2) is 4.67. The molecule has 94 valence electrons. The molecule has 0 aliphatic heterocycles. The van der Waals surface area contributed by atoms with Crippen LogP contribution in [0.1, 0.15) is 39.5 Å². The van der Waals surface area contributed by atoms with E-state index in [0.717, 1.165) is 12.8 Å². The summed E-state index contributed by atoms with van der Waals surface area (Å²) in [6.07, 6.45) is 10.9. The Hall–Kier alpha value is -1.05. The third-order valence-corrected chi connectivity index (χ3v) is 4.44. The van der Waals surface area contributed by atoms with Crippen LogP contribution in [0.4, 0.5) is 0 Å². The van der Waals surface area contributed by atoms with E-state index in [2.05, 4.69) is 25.7 Å². The maximum Gasteiger partial charge on any atom is 0.302 e. The highest BCUT2D eigenvalue weighted by molar-refractivity contribution is 5.66. The molecule has 4 atom stereocenters. The van der Waals surface area contributed by atoms with Crippen LogP contribution in [0.3, 0.4) is 0 Å². The summed E-state index contributed by atoms with van der Waals surface area (Å²) in [6.45, 7) is 7.55. The lowest BCUT2D eigenvalue weighted by molar-refractivity contribution is -0.157. The van der Waals surface area contributed by atoms with Gasteiger partial charge in [0, 0.05) is 18.8 Å². The molecule has 3 aliphatic carbocycles. The van der Waals surface area contributed by atoms with Crippen molar-refractivity contribution in [3.8, 4) is 0 Å². The summed E-state index contributed by atoms with van der Waals surface area (Å²) < 4.78 is 5.54. The Bertz CT molecular complexity index is 345. The zero-order chi connectivity index (χ0) is 12.5. The molecule has 0 N–H and O–H groups in total. The molecule has 2 bridgehead atoms. The monoisotopic (exact) mass is 234 g/mol. The van der Waals surface area contributed by atoms with Crippen molar-refractivity contribution in [3.63, 3.8) is 0 Å². The van der Waals surface area contributed by atoms with Gasteiger partial charge in [0.25, 0.3) is 0 Å². The van der Waals surface area contributed by atoms with Gasteiger partial charge in [0.05, 0.1) is 0 Å². The van der Waals surface area contributed by atoms with E-state index in [-0.39, 0.29) is 17.5 Å². The number of hydrogen-bond acceptors (Lipinski definition) is 2. The standard InChI is InChI=1S/C15H22O2/c1-4-5-14(17-11(2)16)15(3)10-12-6-8-13(15)9-7-12/h4,6,8,12-14H,1,5,7,9-10H2,2-3H3/t12-,13+,14?,15-/m1/s1. The number of rotatable bonds is 4. The lowest BCUT2D eigenvalue weighted by atomic mass is 9.57. The quantitative estimate of drug-likeness (QED) is 0.550. The molecule has 2 heteroatoms. The van der Waals surface area contributed by atoms with E-state index < -0.39 is 0 Å². The highest BCUT2D eigenvalue weighted by Crippen LogP contribution is 2.52. The molecule has 3 rings (SSSR count). The van der Waals surface area contributed by atoms with Gasteiger partial charge >= 0.3 is 5.97 Å². The minimum Gasteiger partial charge on any atom is -0.462 e. The first-order valence-electron chi connectivity index (χ1n) is 6.52. The van der Waals surface area contributed by atoms with Crippen molar-refractivity contribution in [2.75, 3.05) is 0 Å². The zero-order valence-corrected chi connectivity index (χ0v) is 10.8. The smallest absolute Gasteiger partial charge is 0.302 e. The topological polar surface area (TPSA) is 26.3 Å². The lowest BCUT2D eigenvalue weighted by Crippen LogP contribution is -2.46. The van der Waals surface area contributed by atoms with Crippen molar-refractivity contribution in [3.05, 3.63) is 24.8 Å². The third-order valence-electron chi connectivity index (χ3n) is 4.44. The second-order valence-electron chi connectivity index (χ2n) is 5.66. The molecule has 2 nitrogen and oxygen atoms in total. The van der Waals surface area contributed by atoms with Crippen LogP contribution >= 0.6 is 0 Å². The van der Waals surface area contributed by atoms with Crippen molar-refractivity contribution in [1.82, 2.24) is 0 Å². The van der Waals surface area contributed by atoms with Gasteiger partial charge in [0.15, 0.2) is 0 Å². The van der Waals surface area contributed by atoms with Gasteiger partial charge in [-0.25, -0.2) is 0 Å². The highest BCUT2D eigenvalue weighted by atomic mass is 16.5. The molecule has 0 saturated heterocycles. The summed E-state index contributed by atoms with van der Waals surface area (Å²) >= 11 is 0. The summed E-state index contributed by atoms with van der Waals surface area (Å²) in [5.74, 6) is 1.05. The van der Waals surface area contributed by atoms with Gasteiger partial charge in [0.1, 0.15) is 6.10 Å². The molecule has 0 heterocycles. The van der Waals surface area contributed by atoms with E-state index >= 15 is 0 Å². The minimum atomic E-state index is -0.177. The predicted octanol–water partition coefficient (Wildman–Crippen LogP) is 3.49. The average Bonchev–Trinajstić information content (AvgIpc) is 2.29. The second-order valence-corrected chi connectivity index (χ2v) is 5.66. The van der Waals surface area contributed by atoms with E-state index in [0.29, 0.717) is 11.8 Å². The molecule has 17 heavy (non-hydrogen) atoms. The number of esters is 1. The number of allylic oxidation sites excluding steroid dienone is 2. The van der Waals surface area contributed by atoms with E-state index in [4.69, 9.17) is 4.74 Å². The molecule has 0 radical (unpaired) electrons. The highest BCUT2D eigenvalue weighted by Gasteiger charge is 2.47. The van der Waals surface area contributed by atoms with Crippen LogP contribution in [0.15, 0.2) is 24.8 Å². The Morgan fingerprint density at radius 1 is 1.59 bits per heavy atom. The van der Waals surface area contributed by atoms with Gasteiger partial charge in [0.2, 0.25) is 0 Å². The molecule has 0 spiro atoms. The molecule has 0 amide bonds. The number of ether oxygens (including phenoxy) is 1. The van der Waals surface area contributed by atoms with Crippen molar-refractivity contribution in [1.29, 1.82) is 0 Å². The zero-order valence-electron chi connectivity index (χ0n) is 10.8. The van der Waals surface area contributed by atoms with Gasteiger partial charge < -0.3 is 4.74 Å². The van der Waals surface area contributed by atoms with Crippen molar-refractivity contribution in [2.24, 2.45) is 17.3 Å². The fourth-order valence-electron chi connectivity index (χ4n) is 3.49. The van der Waals surface area contributed by atoms with Crippen molar-refractivity contribution in [2.45, 2.75) is 45.6 Å². The normalized spacial score (nSPS) is 36.6. The van der Waals surface area contributed by atoms with Gasteiger partial charge in [-0.1, -0.05) is 25.2 Å². The maximum absolute atomic E-state index is 11.2. The number of hydrogen-bond donors (Lipinski definition) is 0. The first kappa shape index (κ1) is 12.4. The molecule has 0 aromatic carbocycles. The molecule has 3 aliphatic rings. The Balaban J connectivity index is 2.19. The first-order valence-corrected chi connectivity index (χ1v) is 6.52. The molecule has 0 aromatic rings. The van der Waals surface area contributed by atoms with Gasteiger partial charge in [-0.3, -0.25) is 4.79 Å². The Morgan fingerprint density at radius 3 is 2.76 bits per heavy atom. The average molecular weight is 234 g/mol. The van der Waals surface area contributed by atoms with Crippen LogP contribution in [-0.2, 0) is 9.53 Å². The fourth-order valence-corrected chi connectivity index (χ4v) is 3.49. The largest absolute Gasteiger partial charge is 0.462 e. The molecule has 1 saturated carbocycles. The molecular weight excluding hydrogens is 212 g/mol. The summed E-state index contributed by atoms with van der Waals surface area (Å²) in [5.41, 5.74) is 0.0948. The van der Waals surface area contributed by atoms with E-state index in [1.807, 2.05) is 6.08 Å². The summed E-state index contributed by atoms with van der Waals surface area (Å²) in [6, 6.07) is 0. The maximum atomic E-state index is 11.2. The fraction of sp³-hybridized carbons (Fsp3) is 0.667. The third kappa shape index (κ3) is 2.31. The van der Waals surface area contributed by atoms with Crippen LogP contribution in [-0.4, -0.2) is 12.1 Å². The minimum absolute atomic E-state index is 0.0183. The van der Waals surface area contributed by atoms with Gasteiger partial charge in [-0.15, -0.1) is 6.58 Å². The Morgan fingerprint density at radius 2 is 2.35 bits per heavy atom. The lowest BCUT2D eigenvalue weighted by Gasteiger charge is -2.50. The number of fused-ring (bicyclic) bond motifs is 2. The SMILES string of the molecule is C=CCC(OC(C)=O)[C@]1(C)C[C@@H]2C=C[C@H]1CC2. The molecular formula is C15H22O2. The summed E-state index contributed by atoms with van der Waals surface area (Å²) in [4.78, 5) is 11.2. The predicted molar refractivity (Wildman–Crippen MR) is 68.4 cm³/mol. The Labute approximate surface area is 104 Å². The number of carbonyl (C=O) groups is 1. The molecule has 0 aromatic heterocycles. The molecule has 1 unspecified atom stereocenters. The van der Waals surface area contributed by atoms with E-state index in [9.17, 15) is 4.79 Å². The van der Waals surface area contributed by atoms with Crippen molar-refractivity contribution < 1.29 is 9.53 Å². The van der Waals surface area contributed by atoms with Gasteiger partial charge in [-0.05, 0) is 31.1 Å². The summed E-state index contributed by atoms with van der Waals surface area (Å²) in [5, 5.41) is 0. The van der Waals surface area contributed by atoms with E-state index in [1.54, 1.807) is 0 Å². The van der Waals surface area contributed by atoms with Crippen LogP contribution in [0.2, 0.25) is 0 Å². The first-order chi connectivity index (χ1) is 8.06.